The lowest BCUT2D eigenvalue weighted by Gasteiger charge is -2.13. The van der Waals surface area contributed by atoms with Crippen molar-refractivity contribution in [3.05, 3.63) is 16.1 Å². The summed E-state index contributed by atoms with van der Waals surface area (Å²) in [6, 6.07) is -0.416. The second kappa shape index (κ2) is 10.4. The molecule has 0 saturated heterocycles. The minimum atomic E-state index is -0.416. The lowest BCUT2D eigenvalue weighted by molar-refractivity contribution is -0.122. The Balaban J connectivity index is 0. The van der Waals surface area contributed by atoms with Crippen LogP contribution in [0.1, 0.15) is 37.1 Å². The average Bonchev–Trinajstić information content (AvgIpc) is 2.72. The normalized spacial score (nSPS) is 11.4. The predicted octanol–water partition coefficient (Wildman–Crippen LogP) is 2.54. The van der Waals surface area contributed by atoms with Crippen molar-refractivity contribution in [3.63, 3.8) is 0 Å². The molecule has 3 N–H and O–H groups in total. The van der Waals surface area contributed by atoms with E-state index in [1.807, 2.05) is 6.20 Å². The van der Waals surface area contributed by atoms with Crippen LogP contribution in [-0.4, -0.2) is 16.9 Å². The van der Waals surface area contributed by atoms with Crippen LogP contribution in [0.3, 0.4) is 0 Å². The molecule has 0 aliphatic carbocycles. The SMILES string of the molecule is CCc1cnc(CNC(=O)[C@@H](N)CC(C)C)s1.Cl.Cl. The maximum absolute atomic E-state index is 11.7. The molecule has 0 bridgehead atoms. The molecule has 1 amide bonds. The number of amides is 1. The quantitative estimate of drug-likeness (QED) is 0.843. The number of rotatable bonds is 6. The summed E-state index contributed by atoms with van der Waals surface area (Å²) >= 11 is 1.63. The Kier molecular flexibility index (Phi) is 11.5. The fourth-order valence-corrected chi connectivity index (χ4v) is 2.30. The van der Waals surface area contributed by atoms with Crippen LogP contribution in [0.15, 0.2) is 6.20 Å². The lowest BCUT2D eigenvalue weighted by atomic mass is 10.0. The van der Waals surface area contributed by atoms with Gasteiger partial charge in [-0.1, -0.05) is 20.8 Å². The summed E-state index contributed by atoms with van der Waals surface area (Å²) in [7, 11) is 0. The van der Waals surface area contributed by atoms with E-state index in [1.165, 1.54) is 4.88 Å². The molecule has 7 heteroatoms. The zero-order valence-electron chi connectivity index (χ0n) is 11.5. The van der Waals surface area contributed by atoms with Crippen molar-refractivity contribution >= 4 is 42.1 Å². The van der Waals surface area contributed by atoms with Crippen molar-refractivity contribution < 1.29 is 4.79 Å². The molecule has 112 valence electrons. The highest BCUT2D eigenvalue weighted by atomic mass is 35.5. The van der Waals surface area contributed by atoms with Gasteiger partial charge in [0.25, 0.3) is 0 Å². The maximum atomic E-state index is 11.7. The summed E-state index contributed by atoms with van der Waals surface area (Å²) in [5.74, 6) is 0.342. The standard InChI is InChI=1S/C12H21N3OS.2ClH/c1-4-9-6-14-11(17-9)7-15-12(16)10(13)5-8(2)3;;/h6,8,10H,4-5,7,13H2,1-3H3,(H,15,16);2*1H/t10-;;/m0../s1. The van der Waals surface area contributed by atoms with Gasteiger partial charge in [0.1, 0.15) is 5.01 Å². The van der Waals surface area contributed by atoms with Gasteiger partial charge in [-0.05, 0) is 18.8 Å². The molecule has 1 aromatic rings. The Labute approximate surface area is 131 Å². The summed E-state index contributed by atoms with van der Waals surface area (Å²) < 4.78 is 0. The number of nitrogens with one attached hydrogen (secondary N) is 1. The van der Waals surface area contributed by atoms with Crippen LogP contribution in [0.25, 0.3) is 0 Å². The monoisotopic (exact) mass is 327 g/mol. The van der Waals surface area contributed by atoms with Crippen LogP contribution in [0.2, 0.25) is 0 Å². The van der Waals surface area contributed by atoms with Crippen LogP contribution in [0, 0.1) is 5.92 Å². The van der Waals surface area contributed by atoms with E-state index < -0.39 is 6.04 Å². The van der Waals surface area contributed by atoms with Crippen LogP contribution >= 0.6 is 36.2 Å². The molecule has 1 atom stereocenters. The molecule has 0 aromatic carbocycles. The predicted molar refractivity (Wildman–Crippen MR) is 85.3 cm³/mol. The van der Waals surface area contributed by atoms with E-state index in [2.05, 4.69) is 31.1 Å². The van der Waals surface area contributed by atoms with E-state index in [1.54, 1.807) is 11.3 Å². The summed E-state index contributed by atoms with van der Waals surface area (Å²) in [5, 5.41) is 3.76. The molecule has 0 fully saturated rings. The third-order valence-electron chi connectivity index (χ3n) is 2.43. The number of aromatic nitrogens is 1. The first-order valence-electron chi connectivity index (χ1n) is 5.99. The molecule has 1 rings (SSSR count). The number of carbonyl (C=O) groups is 1. The van der Waals surface area contributed by atoms with Gasteiger partial charge in [0.05, 0.1) is 12.6 Å². The Morgan fingerprint density at radius 1 is 1.47 bits per heavy atom. The molecular formula is C12H23Cl2N3OS. The van der Waals surface area contributed by atoms with Crippen molar-refractivity contribution in [1.29, 1.82) is 0 Å². The van der Waals surface area contributed by atoms with Gasteiger partial charge in [-0.3, -0.25) is 4.79 Å². The van der Waals surface area contributed by atoms with E-state index in [0.29, 0.717) is 18.9 Å². The smallest absolute Gasteiger partial charge is 0.237 e. The molecule has 0 aliphatic rings. The molecule has 0 unspecified atom stereocenters. The van der Waals surface area contributed by atoms with Gasteiger partial charge in [-0.2, -0.15) is 0 Å². The number of aryl methyl sites for hydroxylation is 1. The van der Waals surface area contributed by atoms with Gasteiger partial charge in [0.2, 0.25) is 5.91 Å². The third kappa shape index (κ3) is 7.72. The molecule has 0 saturated carbocycles. The minimum absolute atomic E-state index is 0. The first-order valence-corrected chi connectivity index (χ1v) is 6.81. The highest BCUT2D eigenvalue weighted by Gasteiger charge is 2.14. The van der Waals surface area contributed by atoms with Gasteiger partial charge in [0, 0.05) is 11.1 Å². The molecule has 4 nitrogen and oxygen atoms in total. The minimum Gasteiger partial charge on any atom is -0.348 e. The number of nitrogens with zero attached hydrogens (tertiary/aromatic N) is 1. The number of hydrogen-bond donors (Lipinski definition) is 2. The van der Waals surface area contributed by atoms with E-state index in [9.17, 15) is 4.79 Å². The number of hydrogen-bond acceptors (Lipinski definition) is 4. The summed E-state index contributed by atoms with van der Waals surface area (Å²) in [6.45, 7) is 6.69. The van der Waals surface area contributed by atoms with Gasteiger partial charge in [0.15, 0.2) is 0 Å². The summed E-state index contributed by atoms with van der Waals surface area (Å²) in [5.41, 5.74) is 5.78. The lowest BCUT2D eigenvalue weighted by Crippen LogP contribution is -2.40. The van der Waals surface area contributed by atoms with Gasteiger partial charge >= 0.3 is 0 Å². The van der Waals surface area contributed by atoms with E-state index in [-0.39, 0.29) is 30.7 Å². The fourth-order valence-electron chi connectivity index (χ4n) is 1.50. The highest BCUT2D eigenvalue weighted by Crippen LogP contribution is 2.13. The first kappa shape index (κ1) is 20.9. The number of carbonyl (C=O) groups excluding carboxylic acids is 1. The molecule has 1 aromatic heterocycles. The van der Waals surface area contributed by atoms with Crippen molar-refractivity contribution in [2.45, 2.75) is 46.2 Å². The number of halogens is 2. The number of nitrogens with two attached hydrogens (primary N) is 1. The molecule has 1 heterocycles. The first-order chi connectivity index (χ1) is 8.02. The Bertz CT molecular complexity index is 372. The average molecular weight is 328 g/mol. The van der Waals surface area contributed by atoms with Crippen molar-refractivity contribution in [1.82, 2.24) is 10.3 Å². The van der Waals surface area contributed by atoms with Crippen molar-refractivity contribution in [2.75, 3.05) is 0 Å². The van der Waals surface area contributed by atoms with Gasteiger partial charge in [-0.25, -0.2) is 4.98 Å². The van der Waals surface area contributed by atoms with Crippen LogP contribution in [0.4, 0.5) is 0 Å². The van der Waals surface area contributed by atoms with Crippen LogP contribution in [0.5, 0.6) is 0 Å². The van der Waals surface area contributed by atoms with E-state index >= 15 is 0 Å². The zero-order valence-corrected chi connectivity index (χ0v) is 14.0. The molecule has 0 aliphatic heterocycles. The fraction of sp³-hybridized carbons (Fsp3) is 0.667. The Morgan fingerprint density at radius 2 is 2.11 bits per heavy atom. The second-order valence-corrected chi connectivity index (χ2v) is 5.73. The summed E-state index contributed by atoms with van der Waals surface area (Å²) in [4.78, 5) is 17.1. The molecule has 19 heavy (non-hydrogen) atoms. The summed E-state index contributed by atoms with van der Waals surface area (Å²) in [6.07, 6.45) is 3.56. The van der Waals surface area contributed by atoms with Gasteiger partial charge in [-0.15, -0.1) is 36.2 Å². The van der Waals surface area contributed by atoms with E-state index in [0.717, 1.165) is 11.4 Å². The van der Waals surface area contributed by atoms with Crippen LogP contribution in [-0.2, 0) is 17.8 Å². The Hall–Kier alpha value is -0.360. The van der Waals surface area contributed by atoms with Crippen molar-refractivity contribution in [3.8, 4) is 0 Å². The van der Waals surface area contributed by atoms with E-state index in [4.69, 9.17) is 5.73 Å². The van der Waals surface area contributed by atoms with Gasteiger partial charge < -0.3 is 11.1 Å². The van der Waals surface area contributed by atoms with Crippen LogP contribution < -0.4 is 11.1 Å². The third-order valence-corrected chi connectivity index (χ3v) is 3.57. The highest BCUT2D eigenvalue weighted by molar-refractivity contribution is 7.11. The second-order valence-electron chi connectivity index (χ2n) is 4.53. The molecule has 0 radical (unpaired) electrons. The topological polar surface area (TPSA) is 68.0 Å². The largest absolute Gasteiger partial charge is 0.348 e. The Morgan fingerprint density at radius 3 is 2.58 bits per heavy atom. The number of thiazole rings is 1. The zero-order chi connectivity index (χ0) is 12.8. The maximum Gasteiger partial charge on any atom is 0.237 e. The van der Waals surface area contributed by atoms with Crippen molar-refractivity contribution in [2.24, 2.45) is 11.7 Å². The molecule has 0 spiro atoms. The molecular weight excluding hydrogens is 305 g/mol.